The number of benzene rings is 1. The van der Waals surface area contributed by atoms with E-state index in [1.54, 1.807) is 0 Å². The number of nitrogens with zero attached hydrogens (tertiary/aromatic N) is 1. The van der Waals surface area contributed by atoms with Crippen molar-refractivity contribution >= 4 is 9.84 Å². The molecular weight excluding hydrogens is 293 g/mol. The number of hydrogen-bond acceptors (Lipinski definition) is 3. The van der Waals surface area contributed by atoms with E-state index in [4.69, 9.17) is 0 Å². The number of sulfone groups is 1. The maximum Gasteiger partial charge on any atom is 0.416 e. The standard InChI is InChI=1S/C12H11F3N2O2S/c1-2-20(18,19)11-10(7-16-17-11)8-3-5-9(6-4-8)12(13,14)15/h3-7H,2H2,1H3,(H,16,17). The molecule has 4 nitrogen and oxygen atoms in total. The highest BCUT2D eigenvalue weighted by atomic mass is 32.2. The topological polar surface area (TPSA) is 62.8 Å². The summed E-state index contributed by atoms with van der Waals surface area (Å²) in [5, 5.41) is 5.95. The number of alkyl halides is 3. The lowest BCUT2D eigenvalue weighted by atomic mass is 10.1. The predicted octanol–water partition coefficient (Wildman–Crippen LogP) is 2.89. The van der Waals surface area contributed by atoms with Crippen LogP contribution in [0.15, 0.2) is 35.5 Å². The van der Waals surface area contributed by atoms with E-state index < -0.39 is 21.6 Å². The first-order valence-electron chi connectivity index (χ1n) is 5.69. The Hall–Kier alpha value is -1.83. The Morgan fingerprint density at radius 2 is 1.80 bits per heavy atom. The molecule has 0 aliphatic carbocycles. The summed E-state index contributed by atoms with van der Waals surface area (Å²) in [6.07, 6.45) is -3.14. The van der Waals surface area contributed by atoms with Gasteiger partial charge in [0.05, 0.1) is 17.5 Å². The summed E-state index contributed by atoms with van der Waals surface area (Å²) < 4.78 is 61.1. The van der Waals surface area contributed by atoms with E-state index in [-0.39, 0.29) is 16.3 Å². The van der Waals surface area contributed by atoms with Crippen LogP contribution < -0.4 is 0 Å². The van der Waals surface area contributed by atoms with Crippen LogP contribution in [0.5, 0.6) is 0 Å². The molecule has 8 heteroatoms. The molecule has 108 valence electrons. The highest BCUT2D eigenvalue weighted by molar-refractivity contribution is 7.91. The first kappa shape index (κ1) is 14.6. The number of rotatable bonds is 3. The van der Waals surface area contributed by atoms with E-state index in [1.165, 1.54) is 25.3 Å². The van der Waals surface area contributed by atoms with Gasteiger partial charge in [-0.15, -0.1) is 0 Å². The predicted molar refractivity (Wildman–Crippen MR) is 66.8 cm³/mol. The zero-order valence-electron chi connectivity index (χ0n) is 10.4. The van der Waals surface area contributed by atoms with Gasteiger partial charge in [0.15, 0.2) is 14.9 Å². The smallest absolute Gasteiger partial charge is 0.267 e. The van der Waals surface area contributed by atoms with Crippen LogP contribution in [-0.2, 0) is 16.0 Å². The number of halogens is 3. The van der Waals surface area contributed by atoms with Crippen molar-refractivity contribution in [3.05, 3.63) is 36.0 Å². The molecule has 0 saturated heterocycles. The average Bonchev–Trinajstić information content (AvgIpc) is 2.88. The lowest BCUT2D eigenvalue weighted by molar-refractivity contribution is -0.137. The van der Waals surface area contributed by atoms with Gasteiger partial charge in [0.25, 0.3) is 0 Å². The quantitative estimate of drug-likeness (QED) is 0.948. The summed E-state index contributed by atoms with van der Waals surface area (Å²) in [6, 6.07) is 4.26. The Labute approximate surface area is 113 Å². The highest BCUT2D eigenvalue weighted by Gasteiger charge is 2.30. The van der Waals surface area contributed by atoms with Crippen molar-refractivity contribution in [2.24, 2.45) is 0 Å². The molecule has 0 saturated carbocycles. The van der Waals surface area contributed by atoms with E-state index in [1.807, 2.05) is 0 Å². The molecule has 0 aliphatic heterocycles. The van der Waals surface area contributed by atoms with Gasteiger partial charge in [-0.25, -0.2) is 8.42 Å². The van der Waals surface area contributed by atoms with Gasteiger partial charge in [-0.05, 0) is 17.7 Å². The maximum atomic E-state index is 12.5. The minimum Gasteiger partial charge on any atom is -0.267 e. The van der Waals surface area contributed by atoms with E-state index in [9.17, 15) is 21.6 Å². The molecule has 1 N–H and O–H groups in total. The molecule has 0 atom stereocenters. The van der Waals surface area contributed by atoms with Gasteiger partial charge >= 0.3 is 6.18 Å². The third kappa shape index (κ3) is 2.69. The normalized spacial score (nSPS) is 12.6. The van der Waals surface area contributed by atoms with Crippen LogP contribution in [0.1, 0.15) is 12.5 Å². The molecule has 0 fully saturated rings. The fraction of sp³-hybridized carbons (Fsp3) is 0.250. The first-order valence-corrected chi connectivity index (χ1v) is 7.34. The molecule has 0 amide bonds. The second-order valence-electron chi connectivity index (χ2n) is 4.09. The van der Waals surface area contributed by atoms with E-state index in [0.29, 0.717) is 5.56 Å². The SMILES string of the molecule is CCS(=O)(=O)c1[nH]ncc1-c1ccc(C(F)(F)F)cc1. The average molecular weight is 304 g/mol. The zero-order valence-corrected chi connectivity index (χ0v) is 11.2. The van der Waals surface area contributed by atoms with Crippen LogP contribution >= 0.6 is 0 Å². The summed E-state index contributed by atoms with van der Waals surface area (Å²) in [5.41, 5.74) is -0.163. The fourth-order valence-electron chi connectivity index (χ4n) is 1.70. The van der Waals surface area contributed by atoms with Crippen molar-refractivity contribution < 1.29 is 21.6 Å². The van der Waals surface area contributed by atoms with Gasteiger partial charge in [-0.1, -0.05) is 19.1 Å². The number of hydrogen-bond donors (Lipinski definition) is 1. The summed E-state index contributed by atoms with van der Waals surface area (Å²) in [6.45, 7) is 1.48. The molecule has 1 aromatic heterocycles. The van der Waals surface area contributed by atoms with E-state index in [2.05, 4.69) is 10.2 Å². The zero-order chi connectivity index (χ0) is 15.0. The number of aromatic amines is 1. The maximum absolute atomic E-state index is 12.5. The van der Waals surface area contributed by atoms with Gasteiger partial charge < -0.3 is 0 Å². The first-order chi connectivity index (χ1) is 9.25. The Morgan fingerprint density at radius 1 is 1.20 bits per heavy atom. The fourth-order valence-corrected chi connectivity index (χ4v) is 2.69. The van der Waals surface area contributed by atoms with Crippen LogP contribution in [0.3, 0.4) is 0 Å². The minimum atomic E-state index is -4.42. The van der Waals surface area contributed by atoms with Crippen molar-refractivity contribution in [1.29, 1.82) is 0 Å². The lowest BCUT2D eigenvalue weighted by Gasteiger charge is -2.08. The molecule has 1 aromatic carbocycles. The minimum absolute atomic E-state index is 0.0836. The molecule has 0 aliphatic rings. The molecular formula is C12H11F3N2O2S. The summed E-state index contributed by atoms with van der Waals surface area (Å²) >= 11 is 0. The Kier molecular flexibility index (Phi) is 3.59. The van der Waals surface area contributed by atoms with Crippen LogP contribution in [0, 0.1) is 0 Å². The Bertz CT molecular complexity index is 703. The third-order valence-electron chi connectivity index (χ3n) is 2.82. The molecule has 2 aromatic rings. The van der Waals surface area contributed by atoms with Gasteiger partial charge in [0.2, 0.25) is 0 Å². The summed E-state index contributed by atoms with van der Waals surface area (Å²) in [7, 11) is -3.51. The van der Waals surface area contributed by atoms with E-state index >= 15 is 0 Å². The van der Waals surface area contributed by atoms with E-state index in [0.717, 1.165) is 12.1 Å². The van der Waals surface area contributed by atoms with Crippen molar-refractivity contribution in [1.82, 2.24) is 10.2 Å². The van der Waals surface area contributed by atoms with Crippen LogP contribution in [0.2, 0.25) is 0 Å². The number of nitrogens with one attached hydrogen (secondary N) is 1. The summed E-state index contributed by atoms with van der Waals surface area (Å²) in [4.78, 5) is 0. The second kappa shape index (κ2) is 4.93. The lowest BCUT2D eigenvalue weighted by Crippen LogP contribution is -2.06. The number of aromatic nitrogens is 2. The van der Waals surface area contributed by atoms with Crippen molar-refractivity contribution in [2.45, 2.75) is 18.1 Å². The monoisotopic (exact) mass is 304 g/mol. The molecule has 0 radical (unpaired) electrons. The second-order valence-corrected chi connectivity index (χ2v) is 6.31. The van der Waals surface area contributed by atoms with Crippen molar-refractivity contribution in [3.63, 3.8) is 0 Å². The largest absolute Gasteiger partial charge is 0.416 e. The molecule has 2 rings (SSSR count). The van der Waals surface area contributed by atoms with Gasteiger partial charge in [-0.2, -0.15) is 18.3 Å². The Balaban J connectivity index is 2.47. The van der Waals surface area contributed by atoms with Crippen molar-refractivity contribution in [2.75, 3.05) is 5.75 Å². The van der Waals surface area contributed by atoms with Crippen LogP contribution in [0.25, 0.3) is 11.1 Å². The molecule has 0 unspecified atom stereocenters. The molecule has 20 heavy (non-hydrogen) atoms. The van der Waals surface area contributed by atoms with Gasteiger partial charge in [-0.3, -0.25) is 5.10 Å². The highest BCUT2D eigenvalue weighted by Crippen LogP contribution is 2.32. The molecule has 0 spiro atoms. The van der Waals surface area contributed by atoms with Crippen molar-refractivity contribution in [3.8, 4) is 11.1 Å². The molecule has 0 bridgehead atoms. The molecule has 1 heterocycles. The van der Waals surface area contributed by atoms with Gasteiger partial charge in [0, 0.05) is 5.56 Å². The van der Waals surface area contributed by atoms with Crippen LogP contribution in [0.4, 0.5) is 13.2 Å². The van der Waals surface area contributed by atoms with Crippen LogP contribution in [-0.4, -0.2) is 24.4 Å². The number of H-pyrrole nitrogens is 1. The third-order valence-corrected chi connectivity index (χ3v) is 4.51. The summed E-state index contributed by atoms with van der Waals surface area (Å²) in [5.74, 6) is -0.122. The Morgan fingerprint density at radius 3 is 2.30 bits per heavy atom. The van der Waals surface area contributed by atoms with Gasteiger partial charge in [0.1, 0.15) is 0 Å².